The van der Waals surface area contributed by atoms with Gasteiger partial charge in [0.25, 0.3) is 0 Å². The van der Waals surface area contributed by atoms with Gasteiger partial charge in [0.15, 0.2) is 0 Å². The first kappa shape index (κ1) is 23.2. The summed E-state index contributed by atoms with van der Waals surface area (Å²) in [5.41, 5.74) is 2.81. The van der Waals surface area contributed by atoms with Crippen LogP contribution in [0.4, 0.5) is 0 Å². The Bertz CT molecular complexity index is 565. The number of likely N-dealkylation sites (tertiary alicyclic amines) is 1. The van der Waals surface area contributed by atoms with Gasteiger partial charge in [0.1, 0.15) is 0 Å². The van der Waals surface area contributed by atoms with Gasteiger partial charge in [0.05, 0.1) is 12.6 Å². The first-order valence-corrected chi connectivity index (χ1v) is 9.28. The van der Waals surface area contributed by atoms with E-state index < -0.39 is 0 Å². The van der Waals surface area contributed by atoms with Crippen molar-refractivity contribution in [2.75, 3.05) is 39.3 Å². The summed E-state index contributed by atoms with van der Waals surface area (Å²) < 4.78 is 0. The molecule has 0 aliphatic carbocycles. The quantitative estimate of drug-likeness (QED) is 0.842. The zero-order chi connectivity index (χ0) is 17.2. The van der Waals surface area contributed by atoms with Gasteiger partial charge in [-0.1, -0.05) is 45.0 Å². The molecule has 2 aliphatic heterocycles. The number of hydrogen-bond acceptors (Lipinski definition) is 3. The zero-order valence-electron chi connectivity index (χ0n) is 16.2. The van der Waals surface area contributed by atoms with Crippen molar-refractivity contribution in [1.82, 2.24) is 15.1 Å². The number of hydrogen-bond donors (Lipinski definition) is 1. The molecule has 148 valence electrons. The van der Waals surface area contributed by atoms with Crippen molar-refractivity contribution >= 4 is 30.7 Å². The van der Waals surface area contributed by atoms with Crippen LogP contribution in [0.1, 0.15) is 50.8 Å². The van der Waals surface area contributed by atoms with Crippen LogP contribution >= 0.6 is 24.8 Å². The van der Waals surface area contributed by atoms with E-state index in [9.17, 15) is 4.79 Å². The minimum atomic E-state index is 0. The van der Waals surface area contributed by atoms with E-state index in [1.165, 1.54) is 11.1 Å². The van der Waals surface area contributed by atoms with E-state index in [1.54, 1.807) is 0 Å². The number of carbonyl (C=O) groups excluding carboxylic acids is 1. The van der Waals surface area contributed by atoms with Gasteiger partial charge in [-0.05, 0) is 29.4 Å². The Morgan fingerprint density at radius 2 is 1.69 bits per heavy atom. The number of piperazine rings is 1. The molecule has 1 aromatic carbocycles. The molecular formula is C20H33Cl2N3O. The Morgan fingerprint density at radius 1 is 1.08 bits per heavy atom. The first-order chi connectivity index (χ1) is 11.4. The molecular weight excluding hydrogens is 369 g/mol. The van der Waals surface area contributed by atoms with Crippen LogP contribution in [-0.2, 0) is 10.2 Å². The fraction of sp³-hybridized carbons (Fsp3) is 0.650. The maximum Gasteiger partial charge on any atom is 0.237 e. The second kappa shape index (κ2) is 9.93. The minimum absolute atomic E-state index is 0. The highest BCUT2D eigenvalue weighted by Crippen LogP contribution is 2.33. The largest absolute Gasteiger partial charge is 0.335 e. The maximum atomic E-state index is 12.8. The number of nitrogens with zero attached hydrogens (tertiary/aromatic N) is 2. The van der Waals surface area contributed by atoms with Crippen LogP contribution < -0.4 is 5.32 Å². The molecule has 2 aliphatic rings. The van der Waals surface area contributed by atoms with E-state index in [-0.39, 0.29) is 36.3 Å². The Balaban J connectivity index is 0.00000169. The van der Waals surface area contributed by atoms with Crippen molar-refractivity contribution in [1.29, 1.82) is 0 Å². The Morgan fingerprint density at radius 3 is 2.27 bits per heavy atom. The molecule has 3 rings (SSSR count). The van der Waals surface area contributed by atoms with Gasteiger partial charge in [-0.25, -0.2) is 0 Å². The number of halogens is 2. The molecule has 0 radical (unpaired) electrons. The third-order valence-corrected chi connectivity index (χ3v) is 5.30. The minimum Gasteiger partial charge on any atom is -0.335 e. The van der Waals surface area contributed by atoms with Gasteiger partial charge in [-0.15, -0.1) is 24.8 Å². The Hall–Kier alpha value is -0.810. The topological polar surface area (TPSA) is 35.6 Å². The summed E-state index contributed by atoms with van der Waals surface area (Å²) >= 11 is 0. The van der Waals surface area contributed by atoms with Gasteiger partial charge in [-0.2, -0.15) is 0 Å². The number of amides is 1. The number of benzene rings is 1. The molecule has 2 fully saturated rings. The summed E-state index contributed by atoms with van der Waals surface area (Å²) in [5, 5.41) is 3.34. The zero-order valence-corrected chi connectivity index (χ0v) is 17.8. The molecule has 1 N–H and O–H groups in total. The molecule has 6 heteroatoms. The van der Waals surface area contributed by atoms with Crippen molar-refractivity contribution in [3.05, 3.63) is 35.4 Å². The van der Waals surface area contributed by atoms with E-state index in [0.29, 0.717) is 12.5 Å². The smallest absolute Gasteiger partial charge is 0.237 e. The summed E-state index contributed by atoms with van der Waals surface area (Å²) in [5.74, 6) is 0.291. The molecule has 26 heavy (non-hydrogen) atoms. The van der Waals surface area contributed by atoms with E-state index in [4.69, 9.17) is 0 Å². The molecule has 1 unspecified atom stereocenters. The van der Waals surface area contributed by atoms with Gasteiger partial charge >= 0.3 is 0 Å². The average molecular weight is 402 g/mol. The SMILES string of the molecule is CC(C)(C)c1ccc(C2CCCN2C(=O)CN2CCNCC2)cc1.Cl.Cl. The summed E-state index contributed by atoms with van der Waals surface area (Å²) in [6.45, 7) is 12.1. The van der Waals surface area contributed by atoms with E-state index in [1.807, 2.05) is 0 Å². The first-order valence-electron chi connectivity index (χ1n) is 9.28. The lowest BCUT2D eigenvalue weighted by atomic mass is 9.86. The van der Waals surface area contributed by atoms with Gasteiger partial charge < -0.3 is 10.2 Å². The lowest BCUT2D eigenvalue weighted by Gasteiger charge is -2.31. The molecule has 1 aromatic rings. The van der Waals surface area contributed by atoms with Crippen molar-refractivity contribution in [2.24, 2.45) is 0 Å². The predicted molar refractivity (Wildman–Crippen MR) is 113 cm³/mol. The predicted octanol–water partition coefficient (Wildman–Crippen LogP) is 3.40. The van der Waals surface area contributed by atoms with Crippen molar-refractivity contribution in [2.45, 2.75) is 45.1 Å². The summed E-state index contributed by atoms with van der Waals surface area (Å²) in [4.78, 5) is 17.2. The van der Waals surface area contributed by atoms with Crippen LogP contribution in [-0.4, -0.2) is 55.0 Å². The standard InChI is InChI=1S/C20H31N3O.2ClH/c1-20(2,3)17-8-6-16(7-9-17)18-5-4-12-23(18)19(24)15-22-13-10-21-11-14-22;;/h6-9,18,21H,4-5,10-15H2,1-3H3;2*1H. The second-order valence-corrected chi connectivity index (χ2v) is 8.14. The molecule has 2 heterocycles. The molecule has 0 spiro atoms. The fourth-order valence-corrected chi connectivity index (χ4v) is 3.77. The van der Waals surface area contributed by atoms with Crippen molar-refractivity contribution in [3.63, 3.8) is 0 Å². The third kappa shape index (κ3) is 5.59. The van der Waals surface area contributed by atoms with Crippen molar-refractivity contribution < 1.29 is 4.79 Å². The fourth-order valence-electron chi connectivity index (χ4n) is 3.77. The Labute approximate surface area is 170 Å². The van der Waals surface area contributed by atoms with Crippen LogP contribution in [0, 0.1) is 0 Å². The summed E-state index contributed by atoms with van der Waals surface area (Å²) in [6, 6.07) is 9.16. The van der Waals surface area contributed by atoms with Crippen LogP contribution in [0.2, 0.25) is 0 Å². The van der Waals surface area contributed by atoms with Gasteiger partial charge in [0.2, 0.25) is 5.91 Å². The van der Waals surface area contributed by atoms with Crippen LogP contribution in [0.5, 0.6) is 0 Å². The van der Waals surface area contributed by atoms with E-state index in [0.717, 1.165) is 45.6 Å². The average Bonchev–Trinajstić information content (AvgIpc) is 3.05. The number of nitrogens with one attached hydrogen (secondary N) is 1. The number of rotatable bonds is 3. The van der Waals surface area contributed by atoms with Crippen LogP contribution in [0.3, 0.4) is 0 Å². The highest BCUT2D eigenvalue weighted by atomic mass is 35.5. The van der Waals surface area contributed by atoms with Crippen LogP contribution in [0.15, 0.2) is 24.3 Å². The molecule has 0 aromatic heterocycles. The van der Waals surface area contributed by atoms with E-state index >= 15 is 0 Å². The highest BCUT2D eigenvalue weighted by molar-refractivity contribution is 5.85. The monoisotopic (exact) mass is 401 g/mol. The molecule has 2 saturated heterocycles. The molecule has 4 nitrogen and oxygen atoms in total. The molecule has 1 atom stereocenters. The molecule has 0 saturated carbocycles. The Kier molecular flexibility index (Phi) is 8.87. The molecule has 0 bridgehead atoms. The number of carbonyl (C=O) groups is 1. The summed E-state index contributed by atoms with van der Waals surface area (Å²) in [6.07, 6.45) is 2.20. The van der Waals surface area contributed by atoms with Crippen LogP contribution in [0.25, 0.3) is 0 Å². The lowest BCUT2D eigenvalue weighted by molar-refractivity contribution is -0.133. The normalized spacial score (nSPS) is 21.0. The lowest BCUT2D eigenvalue weighted by Crippen LogP contribution is -2.48. The third-order valence-electron chi connectivity index (χ3n) is 5.30. The maximum absolute atomic E-state index is 12.8. The van der Waals surface area contributed by atoms with Gasteiger partial charge in [0, 0.05) is 32.7 Å². The molecule has 1 amide bonds. The van der Waals surface area contributed by atoms with E-state index in [2.05, 4.69) is 60.2 Å². The summed E-state index contributed by atoms with van der Waals surface area (Å²) in [7, 11) is 0. The second-order valence-electron chi connectivity index (χ2n) is 8.14. The van der Waals surface area contributed by atoms with Gasteiger partial charge in [-0.3, -0.25) is 9.69 Å². The highest BCUT2D eigenvalue weighted by Gasteiger charge is 2.31. The van der Waals surface area contributed by atoms with Crippen molar-refractivity contribution in [3.8, 4) is 0 Å².